The largest absolute Gasteiger partial charge is 0.463 e. The third kappa shape index (κ3) is 4.15. The summed E-state index contributed by atoms with van der Waals surface area (Å²) in [6.07, 6.45) is 4.28. The van der Waals surface area contributed by atoms with E-state index >= 15 is 0 Å². The second kappa shape index (κ2) is 7.99. The molecule has 1 aliphatic carbocycles. The first-order valence-electron chi connectivity index (χ1n) is 9.52. The molecule has 0 aromatic carbocycles. The molecule has 0 radical (unpaired) electrons. The number of carbonyl (C=O) groups excluding carboxylic acids is 1. The lowest BCUT2D eigenvalue weighted by atomic mass is 10.0. The Hall–Kier alpha value is -2.91. The quantitative estimate of drug-likeness (QED) is 0.633. The normalized spacial score (nSPS) is 25.5. The van der Waals surface area contributed by atoms with Gasteiger partial charge in [-0.25, -0.2) is 14.2 Å². The van der Waals surface area contributed by atoms with Gasteiger partial charge in [0.15, 0.2) is 11.6 Å². The van der Waals surface area contributed by atoms with E-state index in [1.54, 1.807) is 6.07 Å². The Labute approximate surface area is 161 Å². The van der Waals surface area contributed by atoms with Crippen LogP contribution in [0.5, 0.6) is 6.01 Å². The fourth-order valence-electron chi connectivity index (χ4n) is 3.62. The van der Waals surface area contributed by atoms with Gasteiger partial charge >= 0.3 is 12.1 Å². The number of anilines is 2. The highest BCUT2D eigenvalue weighted by Crippen LogP contribution is 2.37. The van der Waals surface area contributed by atoms with Crippen molar-refractivity contribution in [2.24, 2.45) is 0 Å². The van der Waals surface area contributed by atoms with E-state index < -0.39 is 11.9 Å². The van der Waals surface area contributed by atoms with E-state index in [-0.39, 0.29) is 29.9 Å². The van der Waals surface area contributed by atoms with Gasteiger partial charge in [-0.05, 0) is 45.1 Å². The van der Waals surface area contributed by atoms with Crippen molar-refractivity contribution >= 4 is 17.7 Å². The number of halogens is 1. The van der Waals surface area contributed by atoms with Crippen LogP contribution in [0, 0.1) is 5.82 Å². The number of nitrogens with zero attached hydrogens (tertiary/aromatic N) is 3. The predicted molar refractivity (Wildman–Crippen MR) is 98.0 cm³/mol. The van der Waals surface area contributed by atoms with E-state index in [9.17, 15) is 9.18 Å². The number of hydrogen-bond acceptors (Lipinski definition) is 7. The van der Waals surface area contributed by atoms with Gasteiger partial charge in [0.2, 0.25) is 0 Å². The third-order valence-electron chi connectivity index (χ3n) is 5.06. The van der Waals surface area contributed by atoms with Crippen LogP contribution in [0.3, 0.4) is 0 Å². The molecule has 3 N–H and O–H groups in total. The van der Waals surface area contributed by atoms with Crippen LogP contribution >= 0.6 is 0 Å². The molecule has 1 fully saturated rings. The highest BCUT2D eigenvalue weighted by molar-refractivity contribution is 5.67. The summed E-state index contributed by atoms with van der Waals surface area (Å²) in [5, 5.41) is 12.5. The topological polar surface area (TPSA) is 114 Å². The maximum absolute atomic E-state index is 14.8. The number of nitrogens with one attached hydrogen (secondary N) is 3. The van der Waals surface area contributed by atoms with Crippen molar-refractivity contribution in [1.29, 1.82) is 0 Å². The van der Waals surface area contributed by atoms with Crippen molar-refractivity contribution in [1.82, 2.24) is 25.5 Å². The highest BCUT2D eigenvalue weighted by atomic mass is 19.1. The molecule has 3 heterocycles. The lowest BCUT2D eigenvalue weighted by Gasteiger charge is -2.17. The zero-order valence-electron chi connectivity index (χ0n) is 15.6. The van der Waals surface area contributed by atoms with E-state index in [0.29, 0.717) is 37.4 Å². The molecule has 4 rings (SSSR count). The van der Waals surface area contributed by atoms with Gasteiger partial charge in [0.25, 0.3) is 0 Å². The number of aromatic nitrogens is 4. The first-order chi connectivity index (χ1) is 13.6. The summed E-state index contributed by atoms with van der Waals surface area (Å²) in [5.74, 6) is -0.0691. The molecule has 1 saturated carbocycles. The molecule has 2 aromatic heterocycles. The van der Waals surface area contributed by atoms with Gasteiger partial charge in [-0.15, -0.1) is 0 Å². The fraction of sp³-hybridized carbons (Fsp3) is 0.556. The standard InChI is InChI=1S/C18H23FN6O3/c1-10-3-2-8-27-17-20-7-6-13(23-17)22-16-14(19)15(24-25-16)11-4-5-12(9-11)28-18(26)21-10/h6-7,10-12H,2-5,8-9H2,1H3,(H,21,26)(H2,20,22,23,24,25)/t10-,11-,12+/m0/s1. The van der Waals surface area contributed by atoms with Crippen molar-refractivity contribution in [2.45, 2.75) is 57.1 Å². The molecule has 9 nitrogen and oxygen atoms in total. The Morgan fingerprint density at radius 1 is 1.29 bits per heavy atom. The van der Waals surface area contributed by atoms with Gasteiger partial charge in [-0.3, -0.25) is 5.10 Å². The minimum Gasteiger partial charge on any atom is -0.463 e. The van der Waals surface area contributed by atoms with E-state index in [0.717, 1.165) is 12.8 Å². The maximum Gasteiger partial charge on any atom is 0.407 e. The number of carbonyl (C=O) groups is 1. The molecule has 6 bridgehead atoms. The van der Waals surface area contributed by atoms with Gasteiger partial charge in [0.1, 0.15) is 11.9 Å². The molecule has 0 spiro atoms. The molecule has 0 saturated heterocycles. The molecular weight excluding hydrogens is 367 g/mol. The number of fused-ring (bicyclic) bond motifs is 7. The summed E-state index contributed by atoms with van der Waals surface area (Å²) in [7, 11) is 0. The third-order valence-corrected chi connectivity index (χ3v) is 5.06. The number of H-pyrrole nitrogens is 1. The second-order valence-electron chi connectivity index (χ2n) is 7.22. The Morgan fingerprint density at radius 3 is 3.07 bits per heavy atom. The summed E-state index contributed by atoms with van der Waals surface area (Å²) in [4.78, 5) is 20.4. The van der Waals surface area contributed by atoms with E-state index in [1.807, 2.05) is 6.92 Å². The smallest absolute Gasteiger partial charge is 0.407 e. The Kier molecular flexibility index (Phi) is 5.27. The van der Waals surface area contributed by atoms with Crippen molar-refractivity contribution in [3.8, 4) is 6.01 Å². The van der Waals surface area contributed by atoms with Crippen LogP contribution in [-0.4, -0.2) is 45.0 Å². The number of amides is 1. The summed E-state index contributed by atoms with van der Waals surface area (Å²) in [6, 6.07) is 1.77. The number of aromatic amines is 1. The summed E-state index contributed by atoms with van der Waals surface area (Å²) >= 11 is 0. The fourth-order valence-corrected chi connectivity index (χ4v) is 3.62. The molecule has 2 aromatic rings. The predicted octanol–water partition coefficient (Wildman–Crippen LogP) is 3.01. The highest BCUT2D eigenvalue weighted by Gasteiger charge is 2.32. The number of rotatable bonds is 0. The minimum atomic E-state index is -0.453. The van der Waals surface area contributed by atoms with Gasteiger partial charge in [0.05, 0.1) is 12.3 Å². The van der Waals surface area contributed by atoms with Crippen molar-refractivity contribution in [3.63, 3.8) is 0 Å². The second-order valence-corrected chi connectivity index (χ2v) is 7.22. The van der Waals surface area contributed by atoms with Crippen LogP contribution in [0.4, 0.5) is 20.8 Å². The molecular formula is C18H23FN6O3. The molecule has 3 atom stereocenters. The Morgan fingerprint density at radius 2 is 2.18 bits per heavy atom. The first-order valence-corrected chi connectivity index (χ1v) is 9.52. The van der Waals surface area contributed by atoms with Gasteiger partial charge in [-0.2, -0.15) is 10.1 Å². The summed E-state index contributed by atoms with van der Waals surface area (Å²) < 4.78 is 25.9. The van der Waals surface area contributed by atoms with Crippen LogP contribution in [0.15, 0.2) is 12.3 Å². The molecule has 0 unspecified atom stereocenters. The molecule has 1 amide bonds. The summed E-state index contributed by atoms with van der Waals surface area (Å²) in [6.45, 7) is 2.31. The minimum absolute atomic E-state index is 0.0475. The summed E-state index contributed by atoms with van der Waals surface area (Å²) in [5.41, 5.74) is 0.411. The maximum atomic E-state index is 14.8. The van der Waals surface area contributed by atoms with E-state index in [1.165, 1.54) is 6.20 Å². The van der Waals surface area contributed by atoms with Crippen LogP contribution in [0.2, 0.25) is 0 Å². The molecule has 150 valence electrons. The average Bonchev–Trinajstić information content (AvgIpc) is 3.25. The molecule has 2 aliphatic rings. The van der Waals surface area contributed by atoms with Crippen molar-refractivity contribution in [2.75, 3.05) is 11.9 Å². The van der Waals surface area contributed by atoms with Crippen LogP contribution in [0.1, 0.15) is 50.6 Å². The van der Waals surface area contributed by atoms with Gasteiger partial charge in [-0.1, -0.05) is 0 Å². The number of hydrogen-bond donors (Lipinski definition) is 3. The van der Waals surface area contributed by atoms with Crippen LogP contribution < -0.4 is 15.4 Å². The van der Waals surface area contributed by atoms with Crippen molar-refractivity contribution < 1.29 is 18.7 Å². The lowest BCUT2D eigenvalue weighted by molar-refractivity contribution is 0.0969. The first kappa shape index (κ1) is 18.5. The molecule has 1 aliphatic heterocycles. The zero-order chi connectivity index (χ0) is 19.5. The van der Waals surface area contributed by atoms with Gasteiger partial charge in [0, 0.05) is 18.2 Å². The Bertz CT molecular complexity index is 844. The monoisotopic (exact) mass is 390 g/mol. The van der Waals surface area contributed by atoms with E-state index in [4.69, 9.17) is 9.47 Å². The van der Waals surface area contributed by atoms with E-state index in [2.05, 4.69) is 30.8 Å². The number of ether oxygens (including phenoxy) is 2. The van der Waals surface area contributed by atoms with Crippen LogP contribution in [0.25, 0.3) is 0 Å². The number of alkyl carbamates (subject to hydrolysis) is 1. The van der Waals surface area contributed by atoms with Crippen LogP contribution in [-0.2, 0) is 4.74 Å². The lowest BCUT2D eigenvalue weighted by Crippen LogP contribution is -2.35. The van der Waals surface area contributed by atoms with Gasteiger partial charge < -0.3 is 20.1 Å². The Balaban J connectivity index is 1.57. The SMILES string of the molecule is C[C@H]1CCCOc2nccc(n2)Nc2n[nH]c(c2F)[C@H]2CC[C@H](C2)OC(=O)N1. The average molecular weight is 390 g/mol. The molecule has 28 heavy (non-hydrogen) atoms. The zero-order valence-corrected chi connectivity index (χ0v) is 15.6. The molecule has 10 heteroatoms. The van der Waals surface area contributed by atoms with Crippen molar-refractivity contribution in [3.05, 3.63) is 23.8 Å².